The van der Waals surface area contributed by atoms with Crippen molar-refractivity contribution in [1.82, 2.24) is 0 Å². The average Bonchev–Trinajstić information content (AvgIpc) is 3.53. The van der Waals surface area contributed by atoms with E-state index in [-0.39, 0.29) is 28.4 Å². The molecule has 4 fully saturated rings. The van der Waals surface area contributed by atoms with E-state index in [0.717, 1.165) is 54.7 Å². The molecule has 4 saturated carbocycles. The first-order chi connectivity index (χ1) is 28.1. The summed E-state index contributed by atoms with van der Waals surface area (Å²) in [6.45, 7) is 18.4. The Morgan fingerprint density at radius 1 is 0.780 bits per heavy atom. The number of ketones is 1. The second kappa shape index (κ2) is 18.3. The Morgan fingerprint density at radius 2 is 1.44 bits per heavy atom. The lowest BCUT2D eigenvalue weighted by atomic mass is 9.42. The lowest BCUT2D eigenvalue weighted by molar-refractivity contribution is -0.155. The largest absolute Gasteiger partial charge is 0.493 e. The SMILES string of the molecule is CC(C)(C)[Si](C)(C)OC1CC[C@H]2[C@@H]3C(CCCc4cc(OCCCC(=O)OCc5ccccc5)cc(OCc5ccccc5)c4)CC4CC(=O)CC[C@]4(C)[C@@H]3CC[C@]12C. The van der Waals surface area contributed by atoms with Gasteiger partial charge in [-0.2, -0.15) is 0 Å². The Bertz CT molecular complexity index is 1870. The van der Waals surface area contributed by atoms with Crippen LogP contribution in [0.25, 0.3) is 0 Å². The average molecular weight is 821 g/mol. The molecule has 3 unspecified atom stereocenters. The maximum atomic E-state index is 13.0. The molecule has 4 aliphatic rings. The van der Waals surface area contributed by atoms with Gasteiger partial charge in [0.15, 0.2) is 8.32 Å². The molecule has 7 rings (SSSR count). The zero-order chi connectivity index (χ0) is 41.8. The molecular weight excluding hydrogens is 749 g/mol. The standard InChI is InChI=1S/C52H72O6Si/c1-50(2,3)59(6,7)58-47-24-23-45-49-40(32-41-33-42(53)25-27-51(41,4)46(49)26-28-52(45,47)5)21-14-20-39-30-43(34-44(31-39)56-35-37-16-10-8-11-17-37)55-29-15-22-48(54)57-36-38-18-12-9-13-19-38/h8-13,16-19,30-31,34,40-41,45-47,49H,14-15,20-29,32-33,35-36H2,1-7H3/t40?,41?,45-,46+,47?,49-,51-,52-/m0/s1. The molecule has 3 aromatic carbocycles. The Morgan fingerprint density at radius 3 is 2.14 bits per heavy atom. The molecule has 3 aromatic rings. The van der Waals surface area contributed by atoms with Gasteiger partial charge in [-0.05, 0) is 152 Å². The molecule has 0 amide bonds. The van der Waals surface area contributed by atoms with Gasteiger partial charge in [-0.1, -0.05) is 95.3 Å². The summed E-state index contributed by atoms with van der Waals surface area (Å²) in [7, 11) is -1.91. The number of hydrogen-bond acceptors (Lipinski definition) is 6. The van der Waals surface area contributed by atoms with Crippen molar-refractivity contribution >= 4 is 20.1 Å². The fourth-order valence-corrected chi connectivity index (χ4v) is 13.1. The number of ether oxygens (including phenoxy) is 3. The third-order valence-electron chi connectivity index (χ3n) is 16.1. The first-order valence-corrected chi connectivity index (χ1v) is 25.9. The predicted molar refractivity (Wildman–Crippen MR) is 239 cm³/mol. The van der Waals surface area contributed by atoms with Crippen LogP contribution < -0.4 is 9.47 Å². The predicted octanol–water partition coefficient (Wildman–Crippen LogP) is 12.7. The molecule has 0 heterocycles. The monoisotopic (exact) mass is 821 g/mol. The lowest BCUT2D eigenvalue weighted by Gasteiger charge is -2.63. The van der Waals surface area contributed by atoms with E-state index in [1.807, 2.05) is 54.6 Å². The van der Waals surface area contributed by atoms with Crippen LogP contribution in [-0.4, -0.2) is 32.8 Å². The molecule has 320 valence electrons. The molecule has 7 heteroatoms. The van der Waals surface area contributed by atoms with Crippen molar-refractivity contribution < 1.29 is 28.2 Å². The van der Waals surface area contributed by atoms with Crippen molar-refractivity contribution in [2.24, 2.45) is 40.4 Å². The summed E-state index contributed by atoms with van der Waals surface area (Å²) in [6.07, 6.45) is 13.3. The smallest absolute Gasteiger partial charge is 0.306 e. The second-order valence-corrected chi connectivity index (χ2v) is 25.6. The molecule has 4 aliphatic carbocycles. The highest BCUT2D eigenvalue weighted by Gasteiger charge is 2.63. The highest BCUT2D eigenvalue weighted by molar-refractivity contribution is 6.74. The van der Waals surface area contributed by atoms with E-state index < -0.39 is 8.32 Å². The number of fused-ring (bicyclic) bond motifs is 5. The van der Waals surface area contributed by atoms with E-state index in [0.29, 0.717) is 67.5 Å². The van der Waals surface area contributed by atoms with Gasteiger partial charge in [-0.15, -0.1) is 0 Å². The minimum atomic E-state index is -1.91. The summed E-state index contributed by atoms with van der Waals surface area (Å²) >= 11 is 0. The third-order valence-corrected chi connectivity index (χ3v) is 20.6. The number of hydrogen-bond donors (Lipinski definition) is 0. The first kappa shape index (κ1) is 43.7. The Kier molecular flexibility index (Phi) is 13.5. The maximum absolute atomic E-state index is 13.0. The number of Topliss-reactive ketones (excluding diaryl/α,β-unsaturated/α-hetero) is 1. The molecule has 0 aliphatic heterocycles. The van der Waals surface area contributed by atoms with Gasteiger partial charge in [0.05, 0.1) is 12.7 Å². The highest BCUT2D eigenvalue weighted by atomic mass is 28.4. The van der Waals surface area contributed by atoms with Crippen molar-refractivity contribution in [2.75, 3.05) is 6.61 Å². The van der Waals surface area contributed by atoms with E-state index in [9.17, 15) is 9.59 Å². The Balaban J connectivity index is 1.04. The van der Waals surface area contributed by atoms with Crippen LogP contribution in [0.2, 0.25) is 18.1 Å². The van der Waals surface area contributed by atoms with Crippen LogP contribution in [0.1, 0.15) is 128 Å². The number of carbonyl (C=O) groups is 2. The fraction of sp³-hybridized carbons (Fsp3) is 0.615. The van der Waals surface area contributed by atoms with E-state index in [2.05, 4.69) is 72.0 Å². The van der Waals surface area contributed by atoms with Crippen LogP contribution in [0.5, 0.6) is 11.5 Å². The van der Waals surface area contributed by atoms with Crippen LogP contribution in [-0.2, 0) is 38.4 Å². The quantitative estimate of drug-likeness (QED) is 0.0814. The van der Waals surface area contributed by atoms with E-state index >= 15 is 0 Å². The van der Waals surface area contributed by atoms with Crippen LogP contribution in [0, 0.1) is 40.4 Å². The highest BCUT2D eigenvalue weighted by Crippen LogP contribution is 2.68. The molecule has 0 saturated heterocycles. The van der Waals surface area contributed by atoms with Gasteiger partial charge in [0, 0.05) is 25.3 Å². The van der Waals surface area contributed by atoms with Crippen LogP contribution >= 0.6 is 0 Å². The summed E-state index contributed by atoms with van der Waals surface area (Å²) in [4.78, 5) is 25.4. The van der Waals surface area contributed by atoms with Gasteiger partial charge < -0.3 is 18.6 Å². The van der Waals surface area contributed by atoms with Crippen molar-refractivity contribution in [1.29, 1.82) is 0 Å². The minimum absolute atomic E-state index is 0.201. The van der Waals surface area contributed by atoms with Gasteiger partial charge in [-0.3, -0.25) is 9.59 Å². The third kappa shape index (κ3) is 10.0. The van der Waals surface area contributed by atoms with Gasteiger partial charge >= 0.3 is 5.97 Å². The molecule has 0 radical (unpaired) electrons. The van der Waals surface area contributed by atoms with E-state index in [4.69, 9.17) is 18.6 Å². The number of benzene rings is 3. The van der Waals surface area contributed by atoms with Crippen molar-refractivity contribution in [3.63, 3.8) is 0 Å². The number of carbonyl (C=O) groups excluding carboxylic acids is 2. The number of esters is 1. The van der Waals surface area contributed by atoms with E-state index in [1.165, 1.54) is 44.1 Å². The summed E-state index contributed by atoms with van der Waals surface area (Å²) in [6, 6.07) is 26.4. The Hall–Kier alpha value is -3.42. The molecule has 0 spiro atoms. The second-order valence-electron chi connectivity index (χ2n) is 20.8. The summed E-state index contributed by atoms with van der Waals surface area (Å²) < 4.78 is 25.5. The molecule has 8 atom stereocenters. The molecule has 0 bridgehead atoms. The van der Waals surface area contributed by atoms with Crippen LogP contribution in [0.3, 0.4) is 0 Å². The maximum Gasteiger partial charge on any atom is 0.306 e. The first-order valence-electron chi connectivity index (χ1n) is 23.0. The van der Waals surface area contributed by atoms with Crippen molar-refractivity contribution in [2.45, 2.75) is 156 Å². The molecule has 6 nitrogen and oxygen atoms in total. The van der Waals surface area contributed by atoms with E-state index in [1.54, 1.807) is 0 Å². The van der Waals surface area contributed by atoms with Gasteiger partial charge in [0.1, 0.15) is 30.5 Å². The lowest BCUT2D eigenvalue weighted by Crippen LogP contribution is -2.58. The summed E-state index contributed by atoms with van der Waals surface area (Å²) in [5, 5.41) is 0.201. The number of aryl methyl sites for hydroxylation is 1. The fourth-order valence-electron chi connectivity index (χ4n) is 11.7. The normalized spacial score (nSPS) is 29.2. The molecule has 0 N–H and O–H groups in total. The molecule has 59 heavy (non-hydrogen) atoms. The van der Waals surface area contributed by atoms with Gasteiger partial charge in [-0.25, -0.2) is 0 Å². The van der Waals surface area contributed by atoms with Crippen LogP contribution in [0.15, 0.2) is 78.9 Å². The van der Waals surface area contributed by atoms with Crippen molar-refractivity contribution in [3.05, 3.63) is 95.6 Å². The zero-order valence-corrected chi connectivity index (χ0v) is 38.2. The summed E-state index contributed by atoms with van der Waals surface area (Å²) in [5.74, 6) is 5.04. The topological polar surface area (TPSA) is 71.1 Å². The minimum Gasteiger partial charge on any atom is -0.493 e. The Labute approximate surface area is 356 Å². The van der Waals surface area contributed by atoms with Crippen molar-refractivity contribution in [3.8, 4) is 11.5 Å². The van der Waals surface area contributed by atoms with Crippen LogP contribution in [0.4, 0.5) is 0 Å². The number of rotatable bonds is 16. The molecule has 0 aromatic heterocycles. The van der Waals surface area contributed by atoms with Gasteiger partial charge in [0.25, 0.3) is 0 Å². The van der Waals surface area contributed by atoms with Gasteiger partial charge in [0.2, 0.25) is 0 Å². The molecular formula is C52H72O6Si. The zero-order valence-electron chi connectivity index (χ0n) is 37.2. The summed E-state index contributed by atoms with van der Waals surface area (Å²) in [5.41, 5.74) is 3.81.